The number of hydrogen-bond acceptors (Lipinski definition) is 5. The molecule has 3 heterocycles. The van der Waals surface area contributed by atoms with Crippen LogP contribution in [0.25, 0.3) is 10.9 Å². The quantitative estimate of drug-likeness (QED) is 0.698. The molecule has 1 aliphatic heterocycles. The van der Waals surface area contributed by atoms with Crippen molar-refractivity contribution in [3.63, 3.8) is 0 Å². The molecule has 1 fully saturated rings. The fourth-order valence-corrected chi connectivity index (χ4v) is 3.44. The number of hydrogen-bond donors (Lipinski definition) is 2. The molecule has 1 atom stereocenters. The molecule has 0 saturated carbocycles. The lowest BCUT2D eigenvalue weighted by molar-refractivity contribution is -0.127. The fourth-order valence-electron chi connectivity index (χ4n) is 2.83. The summed E-state index contributed by atoms with van der Waals surface area (Å²) in [6.07, 6.45) is 2.29. The molecule has 1 aromatic carbocycles. The van der Waals surface area contributed by atoms with Crippen molar-refractivity contribution in [2.24, 2.45) is 0 Å². The van der Waals surface area contributed by atoms with Crippen LogP contribution in [-0.4, -0.2) is 37.5 Å². The molecule has 3 amide bonds. The molecule has 1 saturated heterocycles. The zero-order chi connectivity index (χ0) is 16.7. The van der Waals surface area contributed by atoms with Crippen LogP contribution in [-0.2, 0) is 17.8 Å². The highest BCUT2D eigenvalue weighted by Gasteiger charge is 2.38. The minimum atomic E-state index is -0.595. The second-order valence-electron chi connectivity index (χ2n) is 5.48. The lowest BCUT2D eigenvalue weighted by atomic mass is 10.1. The zero-order valence-electron chi connectivity index (χ0n) is 12.3. The van der Waals surface area contributed by atoms with E-state index in [1.54, 1.807) is 0 Å². The third-order valence-electron chi connectivity index (χ3n) is 4.02. The second-order valence-corrected chi connectivity index (χ2v) is 6.84. The molecule has 4 rings (SSSR count). The standard InChI is InChI=1S/C15H12ClN5O2S/c16-13-12(19-20-24-13)7-21-14(22)11(18-15(21)23)5-8-6-17-10-4-2-1-3-9(8)10/h1-4,6,11,17H,5,7H2,(H,18,23)/t11-/m0/s1. The Balaban J connectivity index is 1.54. The summed E-state index contributed by atoms with van der Waals surface area (Å²) < 4.78 is 4.10. The topological polar surface area (TPSA) is 91.0 Å². The smallest absolute Gasteiger partial charge is 0.325 e. The number of amides is 3. The minimum Gasteiger partial charge on any atom is -0.361 e. The van der Waals surface area contributed by atoms with Crippen molar-refractivity contribution in [3.8, 4) is 0 Å². The number of carbonyl (C=O) groups excluding carboxylic acids is 2. The van der Waals surface area contributed by atoms with Crippen molar-refractivity contribution in [2.45, 2.75) is 19.0 Å². The highest BCUT2D eigenvalue weighted by atomic mass is 35.5. The van der Waals surface area contributed by atoms with Crippen LogP contribution in [0, 0.1) is 0 Å². The molecule has 0 bridgehead atoms. The average Bonchev–Trinajstić information content (AvgIpc) is 3.24. The molecule has 2 N–H and O–H groups in total. The molecule has 0 spiro atoms. The van der Waals surface area contributed by atoms with Crippen LogP contribution in [0.5, 0.6) is 0 Å². The Labute approximate surface area is 145 Å². The first-order valence-electron chi connectivity index (χ1n) is 7.27. The van der Waals surface area contributed by atoms with E-state index in [4.69, 9.17) is 11.6 Å². The van der Waals surface area contributed by atoms with Gasteiger partial charge in [0.2, 0.25) is 0 Å². The number of imide groups is 1. The Hall–Kier alpha value is -2.45. The number of rotatable bonds is 4. The second kappa shape index (κ2) is 5.88. The van der Waals surface area contributed by atoms with Gasteiger partial charge < -0.3 is 10.3 Å². The molecule has 0 radical (unpaired) electrons. The van der Waals surface area contributed by atoms with Gasteiger partial charge in [-0.1, -0.05) is 34.3 Å². The van der Waals surface area contributed by atoms with Crippen molar-refractivity contribution in [2.75, 3.05) is 0 Å². The Morgan fingerprint density at radius 1 is 1.29 bits per heavy atom. The van der Waals surface area contributed by atoms with Gasteiger partial charge in [0.05, 0.1) is 6.54 Å². The number of aromatic nitrogens is 3. The summed E-state index contributed by atoms with van der Waals surface area (Å²) in [4.78, 5) is 29.0. The summed E-state index contributed by atoms with van der Waals surface area (Å²) in [5.41, 5.74) is 2.42. The van der Waals surface area contributed by atoms with E-state index >= 15 is 0 Å². The third kappa shape index (κ3) is 2.53. The number of halogens is 1. The summed E-state index contributed by atoms with van der Waals surface area (Å²) in [5, 5.41) is 7.62. The first-order chi connectivity index (χ1) is 11.6. The lowest BCUT2D eigenvalue weighted by Crippen LogP contribution is -2.32. The Bertz CT molecular complexity index is 937. The third-order valence-corrected chi connectivity index (χ3v) is 5.01. The highest BCUT2D eigenvalue weighted by molar-refractivity contribution is 7.10. The van der Waals surface area contributed by atoms with Gasteiger partial charge in [-0.3, -0.25) is 9.69 Å². The van der Waals surface area contributed by atoms with Crippen molar-refractivity contribution in [3.05, 3.63) is 46.1 Å². The Morgan fingerprint density at radius 3 is 2.92 bits per heavy atom. The van der Waals surface area contributed by atoms with E-state index in [0.29, 0.717) is 16.5 Å². The molecule has 3 aromatic rings. The summed E-state index contributed by atoms with van der Waals surface area (Å²) in [6, 6.07) is 6.81. The first kappa shape index (κ1) is 15.1. The fraction of sp³-hybridized carbons (Fsp3) is 0.200. The monoisotopic (exact) mass is 361 g/mol. The number of benzene rings is 1. The highest BCUT2D eigenvalue weighted by Crippen LogP contribution is 2.23. The van der Waals surface area contributed by atoms with E-state index < -0.39 is 12.1 Å². The number of nitrogens with one attached hydrogen (secondary N) is 2. The molecular formula is C15H12ClN5O2S. The van der Waals surface area contributed by atoms with Crippen LogP contribution < -0.4 is 5.32 Å². The minimum absolute atomic E-state index is 0.0321. The lowest BCUT2D eigenvalue weighted by Gasteiger charge is -2.11. The van der Waals surface area contributed by atoms with Crippen molar-refractivity contribution in [1.82, 2.24) is 24.8 Å². The van der Waals surface area contributed by atoms with E-state index in [9.17, 15) is 9.59 Å². The van der Waals surface area contributed by atoms with Gasteiger partial charge >= 0.3 is 6.03 Å². The van der Waals surface area contributed by atoms with Gasteiger partial charge in [0.1, 0.15) is 16.1 Å². The van der Waals surface area contributed by atoms with Gasteiger partial charge in [-0.25, -0.2) is 4.79 Å². The van der Waals surface area contributed by atoms with Crippen molar-refractivity contribution >= 4 is 46.0 Å². The van der Waals surface area contributed by atoms with Crippen LogP contribution >= 0.6 is 23.1 Å². The number of aromatic amines is 1. The molecule has 0 unspecified atom stereocenters. The van der Waals surface area contributed by atoms with Gasteiger partial charge in [0.25, 0.3) is 5.91 Å². The predicted octanol–water partition coefficient (Wildman–Crippen LogP) is 2.34. The van der Waals surface area contributed by atoms with Gasteiger partial charge in [0.15, 0.2) is 0 Å². The van der Waals surface area contributed by atoms with E-state index in [1.165, 1.54) is 0 Å². The number of carbonyl (C=O) groups is 2. The summed E-state index contributed by atoms with van der Waals surface area (Å²) >= 11 is 6.98. The molecule has 2 aromatic heterocycles. The van der Waals surface area contributed by atoms with Crippen LogP contribution in [0.2, 0.25) is 4.34 Å². The van der Waals surface area contributed by atoms with Gasteiger partial charge in [-0.2, -0.15) is 0 Å². The normalized spacial score (nSPS) is 17.7. The van der Waals surface area contributed by atoms with Gasteiger partial charge in [-0.05, 0) is 11.6 Å². The van der Waals surface area contributed by atoms with E-state index in [-0.39, 0.29) is 12.5 Å². The number of H-pyrrole nitrogens is 1. The molecule has 7 nitrogen and oxygen atoms in total. The van der Waals surface area contributed by atoms with E-state index in [0.717, 1.165) is 32.9 Å². The maximum absolute atomic E-state index is 12.6. The van der Waals surface area contributed by atoms with Crippen molar-refractivity contribution < 1.29 is 9.59 Å². The average molecular weight is 362 g/mol. The van der Waals surface area contributed by atoms with E-state index in [2.05, 4.69) is 19.9 Å². The zero-order valence-corrected chi connectivity index (χ0v) is 13.9. The largest absolute Gasteiger partial charge is 0.361 e. The summed E-state index contributed by atoms with van der Waals surface area (Å²) in [6.45, 7) is 0.0321. The maximum Gasteiger partial charge on any atom is 0.325 e. The van der Waals surface area contributed by atoms with Gasteiger partial charge in [0, 0.05) is 35.1 Å². The molecule has 0 aliphatic carbocycles. The molecular weight excluding hydrogens is 350 g/mol. The number of para-hydroxylation sites is 1. The summed E-state index contributed by atoms with van der Waals surface area (Å²) in [7, 11) is 0. The first-order valence-corrected chi connectivity index (χ1v) is 8.42. The van der Waals surface area contributed by atoms with Crippen LogP contribution in [0.1, 0.15) is 11.3 Å². The summed E-state index contributed by atoms with van der Waals surface area (Å²) in [5.74, 6) is -0.283. The molecule has 1 aliphatic rings. The predicted molar refractivity (Wildman–Crippen MR) is 89.8 cm³/mol. The number of nitrogens with zero attached hydrogens (tertiary/aromatic N) is 3. The Kier molecular flexibility index (Phi) is 3.70. The van der Waals surface area contributed by atoms with E-state index in [1.807, 2.05) is 30.5 Å². The van der Waals surface area contributed by atoms with Crippen molar-refractivity contribution in [1.29, 1.82) is 0 Å². The molecule has 9 heteroatoms. The number of urea groups is 1. The van der Waals surface area contributed by atoms with Gasteiger partial charge in [-0.15, -0.1) is 5.10 Å². The number of fused-ring (bicyclic) bond motifs is 1. The van der Waals surface area contributed by atoms with Crippen LogP contribution in [0.3, 0.4) is 0 Å². The van der Waals surface area contributed by atoms with Crippen LogP contribution in [0.4, 0.5) is 4.79 Å². The SMILES string of the molecule is O=C1N[C@@H](Cc2c[nH]c3ccccc23)C(=O)N1Cc1nnsc1Cl. The molecule has 24 heavy (non-hydrogen) atoms. The van der Waals surface area contributed by atoms with Crippen LogP contribution in [0.15, 0.2) is 30.5 Å². The maximum atomic E-state index is 12.6. The molecule has 122 valence electrons. The Morgan fingerprint density at radius 2 is 2.12 bits per heavy atom.